The van der Waals surface area contributed by atoms with Gasteiger partial charge in [0.25, 0.3) is 5.56 Å². The van der Waals surface area contributed by atoms with Gasteiger partial charge in [0, 0.05) is 66.1 Å². The van der Waals surface area contributed by atoms with E-state index >= 15 is 0 Å². The number of aryl methyl sites for hydroxylation is 1. The van der Waals surface area contributed by atoms with Gasteiger partial charge in [-0.1, -0.05) is 30.3 Å². The average molecular weight is 523 g/mol. The number of likely N-dealkylation sites (N-methyl/N-ethyl adjacent to an activating group) is 1. The number of aromatic nitrogens is 3. The van der Waals surface area contributed by atoms with Crippen molar-refractivity contribution < 1.29 is 0 Å². The van der Waals surface area contributed by atoms with Crippen molar-refractivity contribution >= 4 is 39.7 Å². The summed E-state index contributed by atoms with van der Waals surface area (Å²) in [7, 11) is 2.16. The fourth-order valence-electron chi connectivity index (χ4n) is 4.93. The minimum absolute atomic E-state index is 0.0509. The fourth-order valence-corrected chi connectivity index (χ4v) is 5.66. The number of fused-ring (bicyclic) bond motifs is 1. The zero-order valence-electron chi connectivity index (χ0n) is 21.6. The number of thiophene rings is 1. The predicted molar refractivity (Wildman–Crippen MR) is 158 cm³/mol. The zero-order valence-corrected chi connectivity index (χ0v) is 22.4. The number of anilines is 3. The predicted octanol–water partition coefficient (Wildman–Crippen LogP) is 5.70. The lowest BCUT2D eigenvalue weighted by atomic mass is 10.0. The van der Waals surface area contributed by atoms with Gasteiger partial charge in [0.15, 0.2) is 0 Å². The van der Waals surface area contributed by atoms with Crippen molar-refractivity contribution in [2.45, 2.75) is 13.5 Å². The molecule has 4 heterocycles. The lowest BCUT2D eigenvalue weighted by Crippen LogP contribution is -2.44. The minimum atomic E-state index is -0.0509. The lowest BCUT2D eigenvalue weighted by Gasteiger charge is -2.34. The first kappa shape index (κ1) is 24.3. The van der Waals surface area contributed by atoms with Crippen LogP contribution in [-0.2, 0) is 6.54 Å². The maximum Gasteiger partial charge on any atom is 0.260 e. The molecular weight excluding hydrogens is 492 g/mol. The van der Waals surface area contributed by atoms with E-state index in [1.165, 1.54) is 10.6 Å². The highest BCUT2D eigenvalue weighted by molar-refractivity contribution is 7.13. The number of nitrogens with one attached hydrogen (secondary N) is 1. The second kappa shape index (κ2) is 10.4. The maximum absolute atomic E-state index is 13.5. The Kier molecular flexibility index (Phi) is 6.66. The molecule has 5 aromatic rings. The van der Waals surface area contributed by atoms with E-state index in [9.17, 15) is 4.79 Å². The second-order valence-electron chi connectivity index (χ2n) is 9.60. The summed E-state index contributed by atoms with van der Waals surface area (Å²) in [5.74, 6) is 0.472. The summed E-state index contributed by atoms with van der Waals surface area (Å²) < 4.78 is 1.72. The van der Waals surface area contributed by atoms with Crippen LogP contribution in [0.2, 0.25) is 0 Å². The molecule has 1 aliphatic rings. The summed E-state index contributed by atoms with van der Waals surface area (Å²) in [6, 6.07) is 22.6. The highest BCUT2D eigenvalue weighted by atomic mass is 32.1. The monoisotopic (exact) mass is 522 g/mol. The summed E-state index contributed by atoms with van der Waals surface area (Å²) >= 11 is 1.71. The fraction of sp³-hybridized carbons (Fsp3) is 0.233. The summed E-state index contributed by atoms with van der Waals surface area (Å²) in [4.78, 5) is 28.7. The number of hydrogen-bond donors (Lipinski definition) is 1. The number of rotatable bonds is 6. The average Bonchev–Trinajstić information content (AvgIpc) is 3.49. The van der Waals surface area contributed by atoms with E-state index in [1.807, 2.05) is 31.2 Å². The Hall–Kier alpha value is -4.01. The molecule has 3 aromatic heterocycles. The van der Waals surface area contributed by atoms with Crippen molar-refractivity contribution in [3.05, 3.63) is 88.7 Å². The first-order chi connectivity index (χ1) is 18.6. The minimum Gasteiger partial charge on any atom is -0.369 e. The standard InChI is InChI=1S/C30H30N6OS/c1-3-36-28-23(19-26(29(36)37)21-6-8-22(9-7-21)27-5-4-18-38-27)20-31-30(33-28)32-24-10-12-25(13-11-24)35-16-14-34(2)15-17-35/h4-13,18-20H,3,14-17H2,1-2H3,(H,31,32,33). The van der Waals surface area contributed by atoms with Crippen molar-refractivity contribution in [1.82, 2.24) is 19.4 Å². The summed E-state index contributed by atoms with van der Waals surface area (Å²) in [5.41, 5.74) is 5.40. The van der Waals surface area contributed by atoms with E-state index < -0.39 is 0 Å². The SMILES string of the molecule is CCn1c(=O)c(-c2ccc(-c3cccs3)cc2)cc2cnc(Nc3ccc(N4CCN(C)CC4)cc3)nc21. The number of benzene rings is 2. The molecule has 1 fully saturated rings. The van der Waals surface area contributed by atoms with E-state index in [4.69, 9.17) is 4.98 Å². The molecule has 0 saturated carbocycles. The Morgan fingerprint density at radius 3 is 2.37 bits per heavy atom. The van der Waals surface area contributed by atoms with Crippen LogP contribution in [0.5, 0.6) is 0 Å². The normalized spacial score (nSPS) is 14.2. The Bertz CT molecular complexity index is 1600. The van der Waals surface area contributed by atoms with E-state index in [2.05, 4.69) is 75.0 Å². The molecule has 2 aromatic carbocycles. The molecule has 7 nitrogen and oxygen atoms in total. The molecule has 0 unspecified atom stereocenters. The Labute approximate surface area is 226 Å². The van der Waals surface area contributed by atoms with Crippen LogP contribution in [0, 0.1) is 0 Å². The molecule has 0 bridgehead atoms. The number of nitrogens with zero attached hydrogens (tertiary/aromatic N) is 5. The third-order valence-electron chi connectivity index (χ3n) is 7.14. The lowest BCUT2D eigenvalue weighted by molar-refractivity contribution is 0.313. The van der Waals surface area contributed by atoms with Crippen LogP contribution in [0.15, 0.2) is 83.1 Å². The molecule has 0 radical (unpaired) electrons. The molecule has 0 aliphatic carbocycles. The second-order valence-corrected chi connectivity index (χ2v) is 10.5. The first-order valence-corrected chi connectivity index (χ1v) is 13.8. The molecule has 6 rings (SSSR count). The van der Waals surface area contributed by atoms with Gasteiger partial charge in [-0.15, -0.1) is 11.3 Å². The largest absolute Gasteiger partial charge is 0.369 e. The van der Waals surface area contributed by atoms with Crippen LogP contribution in [0.3, 0.4) is 0 Å². The zero-order chi connectivity index (χ0) is 26.1. The van der Waals surface area contributed by atoms with Crippen LogP contribution in [0.1, 0.15) is 6.92 Å². The van der Waals surface area contributed by atoms with Crippen molar-refractivity contribution in [1.29, 1.82) is 0 Å². The van der Waals surface area contributed by atoms with Gasteiger partial charge in [0.2, 0.25) is 5.95 Å². The molecule has 1 saturated heterocycles. The molecule has 1 N–H and O–H groups in total. The molecule has 0 spiro atoms. The van der Waals surface area contributed by atoms with Gasteiger partial charge in [0.05, 0.1) is 0 Å². The molecular formula is C30H30N6OS. The van der Waals surface area contributed by atoms with Gasteiger partial charge in [-0.3, -0.25) is 9.36 Å². The molecule has 8 heteroatoms. The number of hydrogen-bond acceptors (Lipinski definition) is 7. The summed E-state index contributed by atoms with van der Waals surface area (Å²) in [6.07, 6.45) is 1.79. The topological polar surface area (TPSA) is 66.3 Å². The van der Waals surface area contributed by atoms with Crippen LogP contribution in [0.4, 0.5) is 17.3 Å². The van der Waals surface area contributed by atoms with Crippen LogP contribution in [-0.4, -0.2) is 52.7 Å². The van der Waals surface area contributed by atoms with Crippen molar-refractivity contribution in [3.8, 4) is 21.6 Å². The molecule has 38 heavy (non-hydrogen) atoms. The summed E-state index contributed by atoms with van der Waals surface area (Å²) in [6.45, 7) is 6.71. The van der Waals surface area contributed by atoms with Gasteiger partial charge in [-0.05, 0) is 66.9 Å². The molecule has 0 amide bonds. The van der Waals surface area contributed by atoms with Crippen LogP contribution < -0.4 is 15.8 Å². The quantitative estimate of drug-likeness (QED) is 0.309. The van der Waals surface area contributed by atoms with Crippen LogP contribution in [0.25, 0.3) is 32.6 Å². The van der Waals surface area contributed by atoms with E-state index in [0.717, 1.165) is 48.4 Å². The van der Waals surface area contributed by atoms with Gasteiger partial charge >= 0.3 is 0 Å². The summed E-state index contributed by atoms with van der Waals surface area (Å²) in [5, 5.41) is 6.21. The highest BCUT2D eigenvalue weighted by Crippen LogP contribution is 2.28. The van der Waals surface area contributed by atoms with Gasteiger partial charge in [-0.2, -0.15) is 4.98 Å². The van der Waals surface area contributed by atoms with E-state index in [0.29, 0.717) is 23.7 Å². The Balaban J connectivity index is 1.26. The third kappa shape index (κ3) is 4.80. The van der Waals surface area contributed by atoms with Crippen molar-refractivity contribution in [3.63, 3.8) is 0 Å². The number of piperazine rings is 1. The Morgan fingerprint density at radius 1 is 0.947 bits per heavy atom. The third-order valence-corrected chi connectivity index (χ3v) is 8.06. The highest BCUT2D eigenvalue weighted by Gasteiger charge is 2.15. The van der Waals surface area contributed by atoms with E-state index in [-0.39, 0.29) is 5.56 Å². The van der Waals surface area contributed by atoms with E-state index in [1.54, 1.807) is 22.1 Å². The first-order valence-electron chi connectivity index (χ1n) is 12.9. The van der Waals surface area contributed by atoms with Gasteiger partial charge in [0.1, 0.15) is 5.65 Å². The maximum atomic E-state index is 13.5. The smallest absolute Gasteiger partial charge is 0.260 e. The van der Waals surface area contributed by atoms with Crippen molar-refractivity contribution in [2.75, 3.05) is 43.4 Å². The number of pyridine rings is 1. The van der Waals surface area contributed by atoms with Crippen LogP contribution >= 0.6 is 11.3 Å². The molecule has 0 atom stereocenters. The van der Waals surface area contributed by atoms with Crippen molar-refractivity contribution in [2.24, 2.45) is 0 Å². The Morgan fingerprint density at radius 2 is 1.68 bits per heavy atom. The van der Waals surface area contributed by atoms with Gasteiger partial charge in [-0.25, -0.2) is 4.98 Å². The molecule has 1 aliphatic heterocycles. The molecule has 192 valence electrons. The van der Waals surface area contributed by atoms with Gasteiger partial charge < -0.3 is 15.1 Å².